The van der Waals surface area contributed by atoms with Crippen LogP contribution in [0.5, 0.6) is 0 Å². The van der Waals surface area contributed by atoms with E-state index < -0.39 is 15.9 Å². The first-order valence-electron chi connectivity index (χ1n) is 7.03. The SMILES string of the molecule is CN(CC(=O)Nc1ccc(N2CCCC2)c(Cl)c1)S(C)(=O)=O. The van der Waals surface area contributed by atoms with E-state index in [9.17, 15) is 13.2 Å². The number of carbonyl (C=O) groups excluding carboxylic acids is 1. The Morgan fingerprint density at radius 1 is 1.36 bits per heavy atom. The van der Waals surface area contributed by atoms with Gasteiger partial charge < -0.3 is 10.2 Å². The van der Waals surface area contributed by atoms with Crippen LogP contribution in [-0.4, -0.2) is 51.6 Å². The maximum absolute atomic E-state index is 11.9. The van der Waals surface area contributed by atoms with E-state index in [1.54, 1.807) is 12.1 Å². The Bertz CT molecular complexity index is 657. The Morgan fingerprint density at radius 3 is 2.55 bits per heavy atom. The lowest BCUT2D eigenvalue weighted by molar-refractivity contribution is -0.116. The molecule has 0 unspecified atom stereocenters. The number of nitrogens with one attached hydrogen (secondary N) is 1. The minimum Gasteiger partial charge on any atom is -0.370 e. The van der Waals surface area contributed by atoms with E-state index in [4.69, 9.17) is 11.6 Å². The van der Waals surface area contributed by atoms with Crippen molar-refractivity contribution in [2.24, 2.45) is 0 Å². The summed E-state index contributed by atoms with van der Waals surface area (Å²) in [6.07, 6.45) is 3.38. The average molecular weight is 346 g/mol. The van der Waals surface area contributed by atoms with Crippen LogP contribution in [0.15, 0.2) is 18.2 Å². The van der Waals surface area contributed by atoms with E-state index in [0.717, 1.165) is 42.2 Å². The zero-order valence-corrected chi connectivity index (χ0v) is 14.2. The molecule has 0 radical (unpaired) electrons. The highest BCUT2D eigenvalue weighted by molar-refractivity contribution is 7.88. The summed E-state index contributed by atoms with van der Waals surface area (Å²) < 4.78 is 23.6. The van der Waals surface area contributed by atoms with E-state index in [-0.39, 0.29) is 6.54 Å². The molecule has 0 aromatic heterocycles. The molecule has 1 fully saturated rings. The minimum atomic E-state index is -3.38. The molecule has 0 spiro atoms. The number of hydrogen-bond donors (Lipinski definition) is 1. The Kier molecular flexibility index (Phi) is 5.31. The highest BCUT2D eigenvalue weighted by atomic mass is 35.5. The van der Waals surface area contributed by atoms with Crippen molar-refractivity contribution in [2.45, 2.75) is 12.8 Å². The second kappa shape index (κ2) is 6.85. The summed E-state index contributed by atoms with van der Waals surface area (Å²) in [6.45, 7) is 1.75. The van der Waals surface area contributed by atoms with Gasteiger partial charge in [0, 0.05) is 25.8 Å². The van der Waals surface area contributed by atoms with Crippen molar-refractivity contribution in [3.8, 4) is 0 Å². The average Bonchev–Trinajstić information content (AvgIpc) is 2.91. The minimum absolute atomic E-state index is 0.232. The Hall–Kier alpha value is -1.31. The molecule has 1 aromatic rings. The van der Waals surface area contributed by atoms with Crippen molar-refractivity contribution in [3.05, 3.63) is 23.2 Å². The van der Waals surface area contributed by atoms with Gasteiger partial charge in [0.05, 0.1) is 23.5 Å². The third kappa shape index (κ3) is 4.34. The molecule has 0 bridgehead atoms. The van der Waals surface area contributed by atoms with Crippen LogP contribution in [0.3, 0.4) is 0 Å². The smallest absolute Gasteiger partial charge is 0.239 e. The number of hydrogen-bond acceptors (Lipinski definition) is 4. The molecule has 1 aromatic carbocycles. The molecule has 8 heteroatoms. The highest BCUT2D eigenvalue weighted by Crippen LogP contribution is 2.31. The van der Waals surface area contributed by atoms with Crippen LogP contribution in [0.1, 0.15) is 12.8 Å². The van der Waals surface area contributed by atoms with Gasteiger partial charge in [-0.05, 0) is 31.0 Å². The lowest BCUT2D eigenvalue weighted by Gasteiger charge is -2.20. The van der Waals surface area contributed by atoms with Crippen LogP contribution >= 0.6 is 11.6 Å². The number of halogens is 1. The van der Waals surface area contributed by atoms with E-state index in [2.05, 4.69) is 10.2 Å². The molecule has 122 valence electrons. The largest absolute Gasteiger partial charge is 0.370 e. The van der Waals surface area contributed by atoms with Gasteiger partial charge in [0.1, 0.15) is 0 Å². The Balaban J connectivity index is 2.01. The third-order valence-corrected chi connectivity index (χ3v) is 5.17. The molecular weight excluding hydrogens is 326 g/mol. The van der Waals surface area contributed by atoms with Crippen LogP contribution in [0.25, 0.3) is 0 Å². The van der Waals surface area contributed by atoms with Gasteiger partial charge in [0.25, 0.3) is 0 Å². The van der Waals surface area contributed by atoms with Gasteiger partial charge in [-0.2, -0.15) is 4.31 Å². The molecule has 0 aliphatic carbocycles. The maximum atomic E-state index is 11.9. The summed E-state index contributed by atoms with van der Waals surface area (Å²) in [5.41, 5.74) is 1.52. The zero-order chi connectivity index (χ0) is 16.3. The van der Waals surface area contributed by atoms with Crippen molar-refractivity contribution in [2.75, 3.05) is 43.2 Å². The van der Waals surface area contributed by atoms with Gasteiger partial charge in [0.2, 0.25) is 15.9 Å². The second-order valence-electron chi connectivity index (χ2n) is 5.43. The summed E-state index contributed by atoms with van der Waals surface area (Å²) in [4.78, 5) is 14.1. The van der Waals surface area contributed by atoms with Gasteiger partial charge in [-0.3, -0.25) is 4.79 Å². The fourth-order valence-corrected chi connectivity index (χ4v) is 2.97. The molecule has 2 rings (SSSR count). The standard InChI is InChI=1S/C14H20ClN3O3S/c1-17(22(2,20)21)10-14(19)16-11-5-6-13(12(15)9-11)18-7-3-4-8-18/h5-6,9H,3-4,7-8,10H2,1-2H3,(H,16,19). The number of nitrogens with zero attached hydrogens (tertiary/aromatic N) is 2. The molecule has 22 heavy (non-hydrogen) atoms. The molecule has 1 aliphatic rings. The summed E-state index contributed by atoms with van der Waals surface area (Å²) in [5.74, 6) is -0.405. The van der Waals surface area contributed by atoms with Crippen molar-refractivity contribution < 1.29 is 13.2 Å². The quantitative estimate of drug-likeness (QED) is 0.883. The first-order chi connectivity index (χ1) is 10.3. The van der Waals surface area contributed by atoms with E-state index in [1.807, 2.05) is 6.07 Å². The number of anilines is 2. The Labute approximate surface area is 136 Å². The molecule has 1 heterocycles. The normalized spacial score (nSPS) is 15.4. The van der Waals surface area contributed by atoms with Gasteiger partial charge in [-0.15, -0.1) is 0 Å². The van der Waals surface area contributed by atoms with E-state index in [0.29, 0.717) is 10.7 Å². The first-order valence-corrected chi connectivity index (χ1v) is 9.25. The van der Waals surface area contributed by atoms with Crippen molar-refractivity contribution in [1.82, 2.24) is 4.31 Å². The molecule has 6 nitrogen and oxygen atoms in total. The van der Waals surface area contributed by atoms with Crippen LogP contribution < -0.4 is 10.2 Å². The zero-order valence-electron chi connectivity index (χ0n) is 12.7. The fourth-order valence-electron chi connectivity index (χ4n) is 2.32. The summed E-state index contributed by atoms with van der Waals surface area (Å²) >= 11 is 6.27. The van der Waals surface area contributed by atoms with Gasteiger partial charge in [-0.1, -0.05) is 11.6 Å². The number of rotatable bonds is 5. The number of carbonyl (C=O) groups is 1. The van der Waals surface area contributed by atoms with Crippen molar-refractivity contribution in [3.63, 3.8) is 0 Å². The van der Waals surface area contributed by atoms with Crippen LogP contribution in [-0.2, 0) is 14.8 Å². The monoisotopic (exact) mass is 345 g/mol. The molecular formula is C14H20ClN3O3S. The molecule has 1 aliphatic heterocycles. The fraction of sp³-hybridized carbons (Fsp3) is 0.500. The van der Waals surface area contributed by atoms with Crippen LogP contribution in [0, 0.1) is 0 Å². The molecule has 1 N–H and O–H groups in total. The van der Waals surface area contributed by atoms with Gasteiger partial charge in [-0.25, -0.2) is 8.42 Å². The van der Waals surface area contributed by atoms with E-state index >= 15 is 0 Å². The summed E-state index contributed by atoms with van der Waals surface area (Å²) in [6, 6.07) is 5.34. The van der Waals surface area contributed by atoms with Crippen LogP contribution in [0.2, 0.25) is 5.02 Å². The highest BCUT2D eigenvalue weighted by Gasteiger charge is 2.17. The lowest BCUT2D eigenvalue weighted by Crippen LogP contribution is -2.34. The molecule has 1 amide bonds. The maximum Gasteiger partial charge on any atom is 0.239 e. The first kappa shape index (κ1) is 17.1. The summed E-state index contributed by atoms with van der Waals surface area (Å²) in [5, 5.41) is 3.24. The number of amides is 1. The van der Waals surface area contributed by atoms with E-state index in [1.165, 1.54) is 7.05 Å². The topological polar surface area (TPSA) is 69.7 Å². The predicted molar refractivity (Wildman–Crippen MR) is 89.0 cm³/mol. The molecule has 0 atom stereocenters. The van der Waals surface area contributed by atoms with Crippen molar-refractivity contribution in [1.29, 1.82) is 0 Å². The lowest BCUT2D eigenvalue weighted by atomic mass is 10.2. The number of sulfonamides is 1. The van der Waals surface area contributed by atoms with Gasteiger partial charge >= 0.3 is 0 Å². The molecule has 0 saturated carbocycles. The van der Waals surface area contributed by atoms with Crippen molar-refractivity contribution >= 4 is 38.9 Å². The number of benzene rings is 1. The third-order valence-electron chi connectivity index (χ3n) is 3.61. The van der Waals surface area contributed by atoms with Crippen LogP contribution in [0.4, 0.5) is 11.4 Å². The molecule has 1 saturated heterocycles. The van der Waals surface area contributed by atoms with Gasteiger partial charge in [0.15, 0.2) is 0 Å². The number of likely N-dealkylation sites (N-methyl/N-ethyl adjacent to an activating group) is 1. The summed E-state index contributed by atoms with van der Waals surface area (Å²) in [7, 11) is -2.02. The Morgan fingerprint density at radius 2 is 2.00 bits per heavy atom. The predicted octanol–water partition coefficient (Wildman–Crippen LogP) is 1.77. The second-order valence-corrected chi connectivity index (χ2v) is 7.92.